The fourth-order valence-corrected chi connectivity index (χ4v) is 6.29. The second-order valence-electron chi connectivity index (χ2n) is 5.61. The van der Waals surface area contributed by atoms with Crippen LogP contribution < -0.4 is 0 Å². The van der Waals surface area contributed by atoms with E-state index in [2.05, 4.69) is 4.90 Å². The Morgan fingerprint density at radius 2 is 2.10 bits per heavy atom. The summed E-state index contributed by atoms with van der Waals surface area (Å²) in [6.45, 7) is 6.35. The van der Waals surface area contributed by atoms with Crippen LogP contribution in [0.1, 0.15) is 10.4 Å². The van der Waals surface area contributed by atoms with Gasteiger partial charge in [-0.05, 0) is 32.5 Å². The van der Waals surface area contributed by atoms with Gasteiger partial charge in [-0.25, -0.2) is 8.42 Å². The van der Waals surface area contributed by atoms with Crippen molar-refractivity contribution in [2.75, 3.05) is 33.3 Å². The fraction of sp³-hybridized carbons (Fsp3) is 0.692. The second-order valence-corrected chi connectivity index (χ2v) is 9.00. The molecule has 1 aromatic rings. The Balaban J connectivity index is 1.88. The largest absolute Gasteiger partial charge is 0.374 e. The lowest BCUT2D eigenvalue weighted by Crippen LogP contribution is -2.48. The summed E-state index contributed by atoms with van der Waals surface area (Å²) in [5.74, 6) is 0. The van der Waals surface area contributed by atoms with Crippen LogP contribution in [0.25, 0.3) is 0 Å². The predicted octanol–water partition coefficient (Wildman–Crippen LogP) is 1.07. The topological polar surface area (TPSA) is 49.9 Å². The molecule has 7 heteroatoms. The van der Waals surface area contributed by atoms with Gasteiger partial charge in [0.25, 0.3) is 10.0 Å². The molecule has 0 saturated carbocycles. The Kier molecular flexibility index (Phi) is 3.66. The van der Waals surface area contributed by atoms with Crippen LogP contribution in [0.15, 0.2) is 10.3 Å². The maximum Gasteiger partial charge on any atom is 0.252 e. The van der Waals surface area contributed by atoms with Gasteiger partial charge in [-0.2, -0.15) is 4.31 Å². The maximum atomic E-state index is 12.8. The summed E-state index contributed by atoms with van der Waals surface area (Å²) in [5.41, 5.74) is 0.844. The highest BCUT2D eigenvalue weighted by Crippen LogP contribution is 2.32. The molecule has 2 atom stereocenters. The summed E-state index contributed by atoms with van der Waals surface area (Å²) in [5, 5.41) is 0. The van der Waals surface area contributed by atoms with Crippen LogP contribution in [0, 0.1) is 13.8 Å². The van der Waals surface area contributed by atoms with Crippen molar-refractivity contribution >= 4 is 21.4 Å². The second kappa shape index (κ2) is 5.06. The van der Waals surface area contributed by atoms with E-state index < -0.39 is 10.0 Å². The third-order valence-corrected chi connectivity index (χ3v) is 7.71. The summed E-state index contributed by atoms with van der Waals surface area (Å²) < 4.78 is 33.4. The first-order valence-electron chi connectivity index (χ1n) is 6.78. The number of hydrogen-bond donors (Lipinski definition) is 0. The van der Waals surface area contributed by atoms with Crippen LogP contribution in [0.4, 0.5) is 0 Å². The fourth-order valence-electron chi connectivity index (χ4n) is 3.01. The van der Waals surface area contributed by atoms with Crippen molar-refractivity contribution in [3.05, 3.63) is 16.5 Å². The minimum atomic E-state index is -3.39. The standard InChI is InChI=1S/C13H20N2O3S2/c1-9-6-10(2)19-13(9)20(16,17)15-7-11-12(8-15)18-5-4-14(11)3/h6,11-12H,4-5,7-8H2,1-3H3/t11-,12+/m0/s1. The average Bonchev–Trinajstić information content (AvgIpc) is 2.94. The lowest BCUT2D eigenvalue weighted by Gasteiger charge is -2.33. The van der Waals surface area contributed by atoms with E-state index in [1.54, 1.807) is 4.31 Å². The first-order chi connectivity index (χ1) is 9.39. The third kappa shape index (κ3) is 2.31. The van der Waals surface area contributed by atoms with Crippen molar-refractivity contribution in [2.45, 2.75) is 30.2 Å². The number of sulfonamides is 1. The molecule has 2 aliphatic heterocycles. The first kappa shape index (κ1) is 14.5. The quantitative estimate of drug-likeness (QED) is 0.819. The zero-order valence-corrected chi connectivity index (χ0v) is 13.6. The number of morpholine rings is 1. The van der Waals surface area contributed by atoms with Crippen LogP contribution in [0.3, 0.4) is 0 Å². The molecule has 1 aromatic heterocycles. The molecule has 0 amide bonds. The maximum absolute atomic E-state index is 12.8. The number of rotatable bonds is 2. The van der Waals surface area contributed by atoms with Gasteiger partial charge in [0.05, 0.1) is 18.8 Å². The van der Waals surface area contributed by atoms with Gasteiger partial charge in [0.15, 0.2) is 0 Å². The number of hydrogen-bond acceptors (Lipinski definition) is 5. The summed E-state index contributed by atoms with van der Waals surface area (Å²) in [7, 11) is -1.35. The highest BCUT2D eigenvalue weighted by Gasteiger charge is 2.44. The van der Waals surface area contributed by atoms with Gasteiger partial charge in [0.1, 0.15) is 4.21 Å². The van der Waals surface area contributed by atoms with Gasteiger partial charge in [0, 0.05) is 24.5 Å². The lowest BCUT2D eigenvalue weighted by atomic mass is 10.1. The minimum absolute atomic E-state index is 0.00453. The average molecular weight is 316 g/mol. The van der Waals surface area contributed by atoms with Gasteiger partial charge in [-0.15, -0.1) is 11.3 Å². The van der Waals surface area contributed by atoms with Gasteiger partial charge in [-0.1, -0.05) is 0 Å². The van der Waals surface area contributed by atoms with E-state index in [9.17, 15) is 8.42 Å². The molecule has 112 valence electrons. The number of likely N-dealkylation sites (N-methyl/N-ethyl adjacent to an activating group) is 1. The molecule has 20 heavy (non-hydrogen) atoms. The van der Waals surface area contributed by atoms with Crippen molar-refractivity contribution in [2.24, 2.45) is 0 Å². The zero-order chi connectivity index (χ0) is 14.5. The van der Waals surface area contributed by atoms with Crippen LogP contribution >= 0.6 is 11.3 Å². The molecule has 2 fully saturated rings. The Morgan fingerprint density at radius 1 is 1.35 bits per heavy atom. The molecule has 2 saturated heterocycles. The van der Waals surface area contributed by atoms with Crippen LogP contribution in [-0.4, -0.2) is 63.1 Å². The molecular weight excluding hydrogens is 296 g/mol. The van der Waals surface area contributed by atoms with Crippen molar-refractivity contribution in [3.8, 4) is 0 Å². The minimum Gasteiger partial charge on any atom is -0.374 e. The van der Waals surface area contributed by atoms with E-state index in [-0.39, 0.29) is 12.1 Å². The number of fused-ring (bicyclic) bond motifs is 1. The predicted molar refractivity (Wildman–Crippen MR) is 78.7 cm³/mol. The summed E-state index contributed by atoms with van der Waals surface area (Å²) in [4.78, 5) is 3.24. The molecule has 0 spiro atoms. The number of thiophene rings is 1. The lowest BCUT2D eigenvalue weighted by molar-refractivity contribution is -0.0366. The van der Waals surface area contributed by atoms with Gasteiger partial charge in [0.2, 0.25) is 0 Å². The van der Waals surface area contributed by atoms with E-state index in [0.717, 1.165) is 17.0 Å². The molecule has 3 heterocycles. The molecule has 0 N–H and O–H groups in total. The molecule has 0 aliphatic carbocycles. The summed E-state index contributed by atoms with van der Waals surface area (Å²) in [6, 6.07) is 2.11. The monoisotopic (exact) mass is 316 g/mol. The smallest absolute Gasteiger partial charge is 0.252 e. The molecule has 0 radical (unpaired) electrons. The Morgan fingerprint density at radius 3 is 2.70 bits per heavy atom. The molecule has 3 rings (SSSR count). The number of ether oxygens (including phenoxy) is 1. The van der Waals surface area contributed by atoms with Crippen molar-refractivity contribution < 1.29 is 13.2 Å². The molecule has 0 aromatic carbocycles. The third-order valence-electron chi connectivity index (χ3n) is 4.12. The SMILES string of the molecule is Cc1cc(C)c(S(=O)(=O)N2C[C@H]3OCCN(C)[C@H]3C2)s1. The first-order valence-corrected chi connectivity index (χ1v) is 9.04. The van der Waals surface area contributed by atoms with Crippen LogP contribution in [0.2, 0.25) is 0 Å². The Hall–Kier alpha value is -0.470. The van der Waals surface area contributed by atoms with Crippen LogP contribution in [0.5, 0.6) is 0 Å². The molecule has 0 unspecified atom stereocenters. The molecular formula is C13H20N2O3S2. The number of nitrogens with zero attached hydrogens (tertiary/aromatic N) is 2. The van der Waals surface area contributed by atoms with Crippen molar-refractivity contribution in [1.82, 2.24) is 9.21 Å². The van der Waals surface area contributed by atoms with E-state index in [1.807, 2.05) is 27.0 Å². The highest BCUT2D eigenvalue weighted by molar-refractivity contribution is 7.91. The normalized spacial score (nSPS) is 28.8. The molecule has 5 nitrogen and oxygen atoms in total. The van der Waals surface area contributed by atoms with E-state index in [4.69, 9.17) is 4.74 Å². The van der Waals surface area contributed by atoms with Gasteiger partial charge in [-0.3, -0.25) is 4.90 Å². The van der Waals surface area contributed by atoms with Crippen molar-refractivity contribution in [3.63, 3.8) is 0 Å². The van der Waals surface area contributed by atoms with Crippen molar-refractivity contribution in [1.29, 1.82) is 0 Å². The van der Waals surface area contributed by atoms with E-state index >= 15 is 0 Å². The Bertz CT molecular complexity index is 611. The van der Waals surface area contributed by atoms with Crippen LogP contribution in [-0.2, 0) is 14.8 Å². The van der Waals surface area contributed by atoms with Gasteiger partial charge < -0.3 is 4.74 Å². The summed E-state index contributed by atoms with van der Waals surface area (Å²) >= 11 is 1.36. The van der Waals surface area contributed by atoms with Gasteiger partial charge >= 0.3 is 0 Å². The van der Waals surface area contributed by atoms with E-state index in [0.29, 0.717) is 23.9 Å². The molecule has 2 aliphatic rings. The van der Waals surface area contributed by atoms with E-state index in [1.165, 1.54) is 11.3 Å². The Labute approximate surface area is 124 Å². The zero-order valence-electron chi connectivity index (χ0n) is 12.0. The highest BCUT2D eigenvalue weighted by atomic mass is 32.2. The molecule has 0 bridgehead atoms. The summed E-state index contributed by atoms with van der Waals surface area (Å²) in [6.07, 6.45) is 0.00453. The number of aryl methyl sites for hydroxylation is 2.